The van der Waals surface area contributed by atoms with Crippen LogP contribution in [0.15, 0.2) is 12.3 Å². The summed E-state index contributed by atoms with van der Waals surface area (Å²) in [6, 6.07) is 1.88. The van der Waals surface area contributed by atoms with Gasteiger partial charge in [-0.05, 0) is 37.2 Å². The van der Waals surface area contributed by atoms with Gasteiger partial charge in [0.15, 0.2) is 0 Å². The van der Waals surface area contributed by atoms with Gasteiger partial charge in [0.1, 0.15) is 0 Å². The van der Waals surface area contributed by atoms with Crippen LogP contribution in [0.3, 0.4) is 0 Å². The number of hydrogen-bond donors (Lipinski definition) is 1. The van der Waals surface area contributed by atoms with Gasteiger partial charge in [-0.25, -0.2) is 4.98 Å². The highest BCUT2D eigenvalue weighted by atomic mass is 16.6. The van der Waals surface area contributed by atoms with Crippen LogP contribution in [0.25, 0.3) is 0 Å². The minimum Gasteiger partial charge on any atom is -0.361 e. The van der Waals surface area contributed by atoms with Gasteiger partial charge in [-0.15, -0.1) is 0 Å². The maximum absolute atomic E-state index is 11.2. The molecule has 1 aromatic heterocycles. The molecule has 5 heteroatoms. The molecule has 1 N–H and O–H groups in total. The minimum atomic E-state index is -0.352. The number of nitrogens with zero attached hydrogens (tertiary/aromatic N) is 2. The zero-order chi connectivity index (χ0) is 14.7. The Bertz CT molecular complexity index is 488. The van der Waals surface area contributed by atoms with E-state index < -0.39 is 0 Å². The zero-order valence-electron chi connectivity index (χ0n) is 12.4. The van der Waals surface area contributed by atoms with E-state index in [4.69, 9.17) is 0 Å². The van der Waals surface area contributed by atoms with Crippen molar-refractivity contribution >= 4 is 11.5 Å². The predicted octanol–water partition coefficient (Wildman–Crippen LogP) is 3.92. The van der Waals surface area contributed by atoms with E-state index in [1.54, 1.807) is 12.3 Å². The van der Waals surface area contributed by atoms with Crippen molar-refractivity contribution in [1.82, 2.24) is 4.98 Å². The molecule has 2 rings (SSSR count). The average molecular weight is 277 g/mol. The van der Waals surface area contributed by atoms with Gasteiger partial charge >= 0.3 is 5.69 Å². The second-order valence-electron chi connectivity index (χ2n) is 6.08. The third-order valence-corrected chi connectivity index (χ3v) is 4.20. The zero-order valence-corrected chi connectivity index (χ0v) is 12.4. The van der Waals surface area contributed by atoms with Crippen LogP contribution in [-0.2, 0) is 0 Å². The smallest absolute Gasteiger partial charge is 0.311 e. The molecule has 0 radical (unpaired) electrons. The number of rotatable bonds is 4. The van der Waals surface area contributed by atoms with Crippen LogP contribution in [0.1, 0.15) is 45.1 Å². The summed E-state index contributed by atoms with van der Waals surface area (Å²) in [7, 11) is 0. The lowest BCUT2D eigenvalue weighted by Gasteiger charge is -2.35. The molecule has 1 aliphatic carbocycles. The highest BCUT2D eigenvalue weighted by Crippen LogP contribution is 2.33. The summed E-state index contributed by atoms with van der Waals surface area (Å²) >= 11 is 0. The van der Waals surface area contributed by atoms with Gasteiger partial charge in [-0.1, -0.05) is 26.7 Å². The first-order chi connectivity index (χ1) is 9.49. The van der Waals surface area contributed by atoms with Crippen LogP contribution >= 0.6 is 0 Å². The van der Waals surface area contributed by atoms with Crippen LogP contribution in [0.4, 0.5) is 11.5 Å². The predicted molar refractivity (Wildman–Crippen MR) is 79.8 cm³/mol. The number of anilines is 1. The van der Waals surface area contributed by atoms with Crippen molar-refractivity contribution in [2.75, 3.05) is 5.32 Å². The van der Waals surface area contributed by atoms with Gasteiger partial charge in [0.05, 0.1) is 4.92 Å². The van der Waals surface area contributed by atoms with Crippen LogP contribution in [0, 0.1) is 28.9 Å². The molecule has 5 nitrogen and oxygen atoms in total. The summed E-state index contributed by atoms with van der Waals surface area (Å²) < 4.78 is 0. The first kappa shape index (κ1) is 14.8. The van der Waals surface area contributed by atoms with Crippen LogP contribution in [0.2, 0.25) is 0 Å². The standard InChI is InChI=1S/C15H23N3O2/c1-10(2)12-6-4-5-7-13(12)17-15-14(18(19)20)8-11(3)9-16-15/h8-10,12-13H,4-7H2,1-3H3,(H,16,17). The fourth-order valence-electron chi connectivity index (χ4n) is 3.12. The van der Waals surface area contributed by atoms with E-state index in [1.807, 2.05) is 6.92 Å². The van der Waals surface area contributed by atoms with Gasteiger partial charge in [0.2, 0.25) is 5.82 Å². The molecule has 0 aliphatic heterocycles. The minimum absolute atomic E-state index is 0.0816. The van der Waals surface area contributed by atoms with E-state index in [0.29, 0.717) is 17.7 Å². The van der Waals surface area contributed by atoms with Crippen molar-refractivity contribution in [2.45, 2.75) is 52.5 Å². The molecule has 2 atom stereocenters. The lowest BCUT2D eigenvalue weighted by molar-refractivity contribution is -0.384. The molecule has 1 saturated carbocycles. The van der Waals surface area contributed by atoms with Gasteiger partial charge in [0.25, 0.3) is 0 Å². The molecule has 0 aromatic carbocycles. The fraction of sp³-hybridized carbons (Fsp3) is 0.667. The van der Waals surface area contributed by atoms with E-state index in [9.17, 15) is 10.1 Å². The quantitative estimate of drug-likeness (QED) is 0.669. The maximum atomic E-state index is 11.2. The summed E-state index contributed by atoms with van der Waals surface area (Å²) in [4.78, 5) is 15.0. The molecular weight excluding hydrogens is 254 g/mol. The normalized spacial score (nSPS) is 22.8. The van der Waals surface area contributed by atoms with Gasteiger partial charge in [-0.2, -0.15) is 0 Å². The summed E-state index contributed by atoms with van der Waals surface area (Å²) in [6.45, 7) is 6.27. The van der Waals surface area contributed by atoms with E-state index in [2.05, 4.69) is 24.1 Å². The van der Waals surface area contributed by atoms with Crippen LogP contribution < -0.4 is 5.32 Å². The Hall–Kier alpha value is -1.65. The largest absolute Gasteiger partial charge is 0.361 e. The van der Waals surface area contributed by atoms with Crippen LogP contribution in [0.5, 0.6) is 0 Å². The maximum Gasteiger partial charge on any atom is 0.311 e. The van der Waals surface area contributed by atoms with E-state index in [0.717, 1.165) is 12.0 Å². The van der Waals surface area contributed by atoms with Crippen molar-refractivity contribution in [3.05, 3.63) is 27.9 Å². The van der Waals surface area contributed by atoms with Gasteiger partial charge < -0.3 is 5.32 Å². The van der Waals surface area contributed by atoms with Crippen molar-refractivity contribution in [2.24, 2.45) is 11.8 Å². The van der Waals surface area contributed by atoms with E-state index in [1.165, 1.54) is 19.3 Å². The van der Waals surface area contributed by atoms with Crippen molar-refractivity contribution < 1.29 is 4.92 Å². The molecule has 1 aromatic rings. The number of hydrogen-bond acceptors (Lipinski definition) is 4. The Morgan fingerprint density at radius 1 is 1.40 bits per heavy atom. The molecule has 0 saturated heterocycles. The number of aromatic nitrogens is 1. The number of nitro groups is 1. The molecule has 1 aliphatic rings. The molecule has 0 bridgehead atoms. The van der Waals surface area contributed by atoms with Gasteiger partial charge in [0, 0.05) is 18.3 Å². The molecule has 110 valence electrons. The number of nitrogens with one attached hydrogen (secondary N) is 1. The SMILES string of the molecule is Cc1cnc(NC2CCCCC2C(C)C)c([N+](=O)[O-])c1. The average Bonchev–Trinajstić information content (AvgIpc) is 2.41. The monoisotopic (exact) mass is 277 g/mol. The molecule has 2 unspecified atom stereocenters. The number of aryl methyl sites for hydroxylation is 1. The molecule has 0 amide bonds. The molecule has 20 heavy (non-hydrogen) atoms. The second kappa shape index (κ2) is 6.20. The van der Waals surface area contributed by atoms with E-state index >= 15 is 0 Å². The molecule has 1 heterocycles. The second-order valence-corrected chi connectivity index (χ2v) is 6.08. The first-order valence-electron chi connectivity index (χ1n) is 7.36. The topological polar surface area (TPSA) is 68.1 Å². The van der Waals surface area contributed by atoms with Crippen LogP contribution in [-0.4, -0.2) is 15.9 Å². The molecular formula is C15H23N3O2. The number of pyridine rings is 1. The van der Waals surface area contributed by atoms with Crippen molar-refractivity contribution in [3.63, 3.8) is 0 Å². The Morgan fingerprint density at radius 2 is 2.10 bits per heavy atom. The summed E-state index contributed by atoms with van der Waals surface area (Å²) in [6.07, 6.45) is 6.37. The lowest BCUT2D eigenvalue weighted by atomic mass is 9.78. The summed E-state index contributed by atoms with van der Waals surface area (Å²) in [5.74, 6) is 1.56. The van der Waals surface area contributed by atoms with Crippen molar-refractivity contribution in [1.29, 1.82) is 0 Å². The highest BCUT2D eigenvalue weighted by molar-refractivity contribution is 5.57. The lowest BCUT2D eigenvalue weighted by Crippen LogP contribution is -2.35. The molecule has 1 fully saturated rings. The van der Waals surface area contributed by atoms with Gasteiger partial charge in [-0.3, -0.25) is 10.1 Å². The van der Waals surface area contributed by atoms with E-state index in [-0.39, 0.29) is 16.7 Å². The third kappa shape index (κ3) is 3.26. The molecule has 0 spiro atoms. The first-order valence-corrected chi connectivity index (χ1v) is 7.36. The summed E-state index contributed by atoms with van der Waals surface area (Å²) in [5, 5.41) is 14.5. The fourth-order valence-corrected chi connectivity index (χ4v) is 3.12. The third-order valence-electron chi connectivity index (χ3n) is 4.20. The Kier molecular flexibility index (Phi) is 4.57. The Balaban J connectivity index is 2.22. The Morgan fingerprint density at radius 3 is 2.75 bits per heavy atom. The summed E-state index contributed by atoms with van der Waals surface area (Å²) in [5.41, 5.74) is 0.893. The van der Waals surface area contributed by atoms with Crippen molar-refractivity contribution in [3.8, 4) is 0 Å². The Labute approximate surface area is 119 Å². The highest BCUT2D eigenvalue weighted by Gasteiger charge is 2.29.